The van der Waals surface area contributed by atoms with E-state index < -0.39 is 0 Å². The number of benzene rings is 1. The first-order valence-corrected chi connectivity index (χ1v) is 8.77. The summed E-state index contributed by atoms with van der Waals surface area (Å²) in [5, 5.41) is 6.69. The van der Waals surface area contributed by atoms with E-state index in [4.69, 9.17) is 4.42 Å². The number of thioether (sulfide) groups is 1. The van der Waals surface area contributed by atoms with E-state index in [0.717, 1.165) is 28.8 Å². The first-order valence-electron chi connectivity index (χ1n) is 7.55. The number of fused-ring (bicyclic) bond motifs is 1. The van der Waals surface area contributed by atoms with Gasteiger partial charge in [-0.15, -0.1) is 11.8 Å². The number of hydrogen-bond donors (Lipinski definition) is 2. The number of nitrogens with zero attached hydrogens (tertiary/aromatic N) is 3. The van der Waals surface area contributed by atoms with E-state index in [1.807, 2.05) is 42.9 Å². The molecule has 0 aliphatic heterocycles. The van der Waals surface area contributed by atoms with Crippen LogP contribution in [0.3, 0.4) is 0 Å². The fourth-order valence-corrected chi connectivity index (χ4v) is 2.96. The molecule has 1 aromatic carbocycles. The summed E-state index contributed by atoms with van der Waals surface area (Å²) in [6, 6.07) is 9.13. The molecule has 2 N–H and O–H groups in total. The van der Waals surface area contributed by atoms with Gasteiger partial charge in [0.25, 0.3) is 6.01 Å². The average Bonchev–Trinajstić information content (AvgIpc) is 2.96. The monoisotopic (exact) mass is 327 g/mol. The second-order valence-corrected chi connectivity index (χ2v) is 6.47. The second-order valence-electron chi connectivity index (χ2n) is 5.59. The van der Waals surface area contributed by atoms with Crippen molar-refractivity contribution in [1.29, 1.82) is 0 Å². The highest BCUT2D eigenvalue weighted by Gasteiger charge is 2.30. The molecule has 2 heterocycles. The molecule has 1 fully saturated rings. The first kappa shape index (κ1) is 14.3. The molecule has 23 heavy (non-hydrogen) atoms. The van der Waals surface area contributed by atoms with Crippen molar-refractivity contribution in [3.8, 4) is 0 Å². The van der Waals surface area contributed by atoms with E-state index in [0.29, 0.717) is 24.0 Å². The highest BCUT2D eigenvalue weighted by atomic mass is 32.2. The number of oxazole rings is 1. The van der Waals surface area contributed by atoms with Gasteiger partial charge in [-0.05, 0) is 31.2 Å². The molecule has 0 amide bonds. The van der Waals surface area contributed by atoms with Crippen LogP contribution in [0.1, 0.15) is 12.8 Å². The van der Waals surface area contributed by atoms with Gasteiger partial charge >= 0.3 is 0 Å². The summed E-state index contributed by atoms with van der Waals surface area (Å²) in [5.41, 5.74) is 1.69. The van der Waals surface area contributed by atoms with Crippen molar-refractivity contribution >= 4 is 34.8 Å². The minimum absolute atomic E-state index is 0.367. The molecule has 2 aromatic heterocycles. The predicted octanol–water partition coefficient (Wildman–Crippen LogP) is 3.39. The third-order valence-corrected chi connectivity index (χ3v) is 4.64. The highest BCUT2D eigenvalue weighted by molar-refractivity contribution is 7.98. The lowest BCUT2D eigenvalue weighted by molar-refractivity contribution is 0.387. The number of hydrogen-bond acceptors (Lipinski definition) is 7. The Morgan fingerprint density at radius 1 is 1.09 bits per heavy atom. The Morgan fingerprint density at radius 2 is 1.83 bits per heavy atom. The predicted molar refractivity (Wildman–Crippen MR) is 91.9 cm³/mol. The van der Waals surface area contributed by atoms with E-state index >= 15 is 0 Å². The average molecular weight is 327 g/mol. The van der Waals surface area contributed by atoms with Crippen LogP contribution in [0, 0.1) is 0 Å². The Bertz CT molecular complexity index is 765. The molecule has 0 spiro atoms. The van der Waals surface area contributed by atoms with Crippen molar-refractivity contribution < 1.29 is 4.42 Å². The van der Waals surface area contributed by atoms with Crippen molar-refractivity contribution in [3.63, 3.8) is 0 Å². The van der Waals surface area contributed by atoms with Gasteiger partial charge in [0.15, 0.2) is 5.58 Å². The minimum Gasteiger partial charge on any atom is -0.424 e. The van der Waals surface area contributed by atoms with Crippen molar-refractivity contribution in [1.82, 2.24) is 15.0 Å². The molecule has 0 bridgehead atoms. The molecule has 0 unspecified atom stereocenters. The van der Waals surface area contributed by atoms with Crippen molar-refractivity contribution in [3.05, 3.63) is 36.7 Å². The molecular formula is C16H17N5OS. The fourth-order valence-electron chi connectivity index (χ4n) is 2.64. The van der Waals surface area contributed by atoms with E-state index in [2.05, 4.69) is 25.6 Å². The van der Waals surface area contributed by atoms with Gasteiger partial charge in [0.2, 0.25) is 5.95 Å². The fraction of sp³-hybridized carbons (Fsp3) is 0.312. The summed E-state index contributed by atoms with van der Waals surface area (Å²) in [7, 11) is 0. The SMILES string of the molecule is CSc1cnc(N[C@H]2C[C@@H](Nc3nc4ccccc4o3)C2)nc1. The molecular weight excluding hydrogens is 310 g/mol. The van der Waals surface area contributed by atoms with Crippen molar-refractivity contribution in [2.45, 2.75) is 29.8 Å². The Morgan fingerprint density at radius 3 is 2.57 bits per heavy atom. The minimum atomic E-state index is 0.367. The summed E-state index contributed by atoms with van der Waals surface area (Å²) >= 11 is 1.64. The summed E-state index contributed by atoms with van der Waals surface area (Å²) in [4.78, 5) is 14.1. The Balaban J connectivity index is 1.30. The van der Waals surface area contributed by atoms with Gasteiger partial charge < -0.3 is 15.1 Å². The quantitative estimate of drug-likeness (QED) is 0.696. The summed E-state index contributed by atoms with van der Waals surface area (Å²) < 4.78 is 5.68. The normalized spacial score (nSPS) is 20.2. The largest absolute Gasteiger partial charge is 0.424 e. The molecule has 1 saturated carbocycles. The van der Waals surface area contributed by atoms with Crippen LogP contribution in [-0.2, 0) is 0 Å². The highest BCUT2D eigenvalue weighted by Crippen LogP contribution is 2.27. The maximum absolute atomic E-state index is 5.68. The number of anilines is 2. The van der Waals surface area contributed by atoms with E-state index in [-0.39, 0.29) is 0 Å². The Hall–Kier alpha value is -2.28. The van der Waals surface area contributed by atoms with Gasteiger partial charge in [0, 0.05) is 29.4 Å². The zero-order valence-electron chi connectivity index (χ0n) is 12.7. The lowest BCUT2D eigenvalue weighted by atomic mass is 9.87. The van der Waals surface area contributed by atoms with Crippen LogP contribution < -0.4 is 10.6 Å². The van der Waals surface area contributed by atoms with E-state index in [1.165, 1.54) is 0 Å². The first-order chi connectivity index (χ1) is 11.3. The van der Waals surface area contributed by atoms with Gasteiger partial charge in [-0.2, -0.15) is 4.98 Å². The standard InChI is InChI=1S/C16H17N5OS/c1-23-12-8-17-15(18-9-12)19-10-6-11(7-10)20-16-21-13-4-2-3-5-14(13)22-16/h2-5,8-11H,6-7H2,1H3,(H,20,21)(H,17,18,19)/t10-,11+. The van der Waals surface area contributed by atoms with Gasteiger partial charge in [-0.3, -0.25) is 0 Å². The van der Waals surface area contributed by atoms with E-state index in [1.54, 1.807) is 11.8 Å². The summed E-state index contributed by atoms with van der Waals surface area (Å²) in [5.74, 6) is 0.688. The topological polar surface area (TPSA) is 75.9 Å². The molecule has 0 atom stereocenters. The lowest BCUT2D eigenvalue weighted by Crippen LogP contribution is -2.44. The number of para-hydroxylation sites is 2. The van der Waals surface area contributed by atoms with Crippen molar-refractivity contribution in [2.75, 3.05) is 16.9 Å². The van der Waals surface area contributed by atoms with Crippen LogP contribution in [0.15, 0.2) is 46.0 Å². The molecule has 6 nitrogen and oxygen atoms in total. The molecule has 3 aromatic rings. The summed E-state index contributed by atoms with van der Waals surface area (Å²) in [6.07, 6.45) is 7.68. The maximum atomic E-state index is 5.68. The van der Waals surface area contributed by atoms with Gasteiger partial charge in [-0.1, -0.05) is 12.1 Å². The molecule has 0 saturated heterocycles. The van der Waals surface area contributed by atoms with Crippen LogP contribution in [0.5, 0.6) is 0 Å². The van der Waals surface area contributed by atoms with Gasteiger partial charge in [0.05, 0.1) is 0 Å². The number of nitrogens with one attached hydrogen (secondary N) is 2. The Labute approximate surface area is 138 Å². The number of rotatable bonds is 5. The smallest absolute Gasteiger partial charge is 0.295 e. The van der Waals surface area contributed by atoms with Crippen LogP contribution in [0.25, 0.3) is 11.1 Å². The van der Waals surface area contributed by atoms with Crippen LogP contribution >= 0.6 is 11.8 Å². The Kier molecular flexibility index (Phi) is 3.78. The van der Waals surface area contributed by atoms with Crippen LogP contribution in [0.4, 0.5) is 12.0 Å². The number of aromatic nitrogens is 3. The lowest BCUT2D eigenvalue weighted by Gasteiger charge is -2.35. The molecule has 118 valence electrons. The molecule has 4 rings (SSSR count). The third kappa shape index (κ3) is 3.10. The molecule has 1 aliphatic carbocycles. The maximum Gasteiger partial charge on any atom is 0.295 e. The van der Waals surface area contributed by atoms with Crippen LogP contribution in [0.2, 0.25) is 0 Å². The second kappa shape index (κ2) is 6.08. The van der Waals surface area contributed by atoms with E-state index in [9.17, 15) is 0 Å². The van der Waals surface area contributed by atoms with Crippen LogP contribution in [-0.4, -0.2) is 33.3 Å². The van der Waals surface area contributed by atoms with Gasteiger partial charge in [0.1, 0.15) is 5.52 Å². The molecule has 0 radical (unpaired) electrons. The molecule has 1 aliphatic rings. The zero-order chi connectivity index (χ0) is 15.6. The third-order valence-electron chi connectivity index (χ3n) is 3.96. The van der Waals surface area contributed by atoms with Crippen molar-refractivity contribution in [2.24, 2.45) is 0 Å². The molecule has 7 heteroatoms. The van der Waals surface area contributed by atoms with Gasteiger partial charge in [-0.25, -0.2) is 9.97 Å². The summed E-state index contributed by atoms with van der Waals surface area (Å²) in [6.45, 7) is 0. The zero-order valence-corrected chi connectivity index (χ0v) is 13.5.